The van der Waals surface area contributed by atoms with Gasteiger partial charge in [-0.2, -0.15) is 0 Å². The first-order valence-corrected chi connectivity index (χ1v) is 8.66. The zero-order valence-electron chi connectivity index (χ0n) is 14.6. The van der Waals surface area contributed by atoms with Crippen LogP contribution in [0.3, 0.4) is 0 Å². The molecule has 0 aliphatic rings. The van der Waals surface area contributed by atoms with Crippen LogP contribution in [0.1, 0.15) is 15.9 Å². The summed E-state index contributed by atoms with van der Waals surface area (Å²) in [5.74, 6) is 1.69. The number of aliphatic hydroxyl groups is 1. The molecule has 0 saturated heterocycles. The summed E-state index contributed by atoms with van der Waals surface area (Å²) in [6.45, 7) is -0.0893. The fourth-order valence-corrected chi connectivity index (χ4v) is 2.52. The van der Waals surface area contributed by atoms with Crippen LogP contribution in [0.2, 0.25) is 0 Å². The summed E-state index contributed by atoms with van der Waals surface area (Å²) in [5, 5.41) is 8.94. The van der Waals surface area contributed by atoms with Crippen molar-refractivity contribution >= 4 is 38.1 Å². The molecular formula is C16H18Br2N2O6. The second-order valence-corrected chi connectivity index (χ2v) is 6.01. The molecule has 10 heteroatoms. The maximum Gasteiger partial charge on any atom is 0.257 e. The number of aliphatic hydroxyl groups excluding tert-OH is 1. The fraction of sp³-hybridized carbons (Fsp3) is 0.312. The number of carbonyl (C=O) groups excluding carboxylic acids is 1. The Balaban J connectivity index is 0.000000260. The average Bonchev–Trinajstić information content (AvgIpc) is 2.67. The highest BCUT2D eigenvalue weighted by molar-refractivity contribution is 9.10. The zero-order valence-corrected chi connectivity index (χ0v) is 17.7. The van der Waals surface area contributed by atoms with Gasteiger partial charge in [0.05, 0.1) is 40.6 Å². The van der Waals surface area contributed by atoms with Crippen LogP contribution in [0.4, 0.5) is 0 Å². The maximum atomic E-state index is 10.5. The van der Waals surface area contributed by atoms with Crippen LogP contribution in [0.15, 0.2) is 21.3 Å². The maximum absolute atomic E-state index is 10.5. The number of nitrogens with zero attached hydrogens (tertiary/aromatic N) is 2. The van der Waals surface area contributed by atoms with Gasteiger partial charge >= 0.3 is 0 Å². The summed E-state index contributed by atoms with van der Waals surface area (Å²) in [5.41, 5.74) is 1.09. The number of halogens is 2. The van der Waals surface area contributed by atoms with Crippen molar-refractivity contribution < 1.29 is 28.8 Å². The van der Waals surface area contributed by atoms with E-state index >= 15 is 0 Å². The van der Waals surface area contributed by atoms with Crippen LogP contribution < -0.4 is 18.9 Å². The molecule has 1 N–H and O–H groups in total. The lowest BCUT2D eigenvalue weighted by molar-refractivity contribution is 0.112. The first-order chi connectivity index (χ1) is 12.4. The summed E-state index contributed by atoms with van der Waals surface area (Å²) < 4.78 is 20.9. The highest BCUT2D eigenvalue weighted by atomic mass is 79.9. The number of hydrogen-bond donors (Lipinski definition) is 1. The quantitative estimate of drug-likeness (QED) is 0.484. The van der Waals surface area contributed by atoms with Gasteiger partial charge in [0.2, 0.25) is 0 Å². The van der Waals surface area contributed by atoms with Crippen molar-refractivity contribution in [1.29, 1.82) is 0 Å². The van der Waals surface area contributed by atoms with Gasteiger partial charge in [-0.1, -0.05) is 0 Å². The van der Waals surface area contributed by atoms with E-state index in [0.717, 1.165) is 0 Å². The first kappa shape index (κ1) is 22.1. The lowest BCUT2D eigenvalue weighted by Gasteiger charge is -2.08. The van der Waals surface area contributed by atoms with Crippen molar-refractivity contribution in [3.63, 3.8) is 0 Å². The molecule has 8 nitrogen and oxygen atoms in total. The Kier molecular flexibility index (Phi) is 9.31. The number of pyridine rings is 2. The van der Waals surface area contributed by atoms with Gasteiger partial charge in [0.25, 0.3) is 11.8 Å². The Labute approximate surface area is 167 Å². The molecule has 0 fully saturated rings. The van der Waals surface area contributed by atoms with Gasteiger partial charge in [-0.15, -0.1) is 0 Å². The summed E-state index contributed by atoms with van der Waals surface area (Å²) in [7, 11) is 6.00. The summed E-state index contributed by atoms with van der Waals surface area (Å²) in [4.78, 5) is 18.5. The van der Waals surface area contributed by atoms with E-state index in [-0.39, 0.29) is 6.61 Å². The molecule has 0 aliphatic carbocycles. The molecule has 0 spiro atoms. The molecule has 0 amide bonds. The molecule has 26 heavy (non-hydrogen) atoms. The van der Waals surface area contributed by atoms with Crippen LogP contribution in [-0.2, 0) is 6.61 Å². The Morgan fingerprint density at radius 1 is 0.923 bits per heavy atom. The normalized spacial score (nSPS) is 9.65. The molecular weight excluding hydrogens is 476 g/mol. The summed E-state index contributed by atoms with van der Waals surface area (Å²) in [6.07, 6.45) is 0.693. The van der Waals surface area contributed by atoms with E-state index in [1.54, 1.807) is 12.1 Å². The van der Waals surface area contributed by atoms with Crippen molar-refractivity contribution in [3.8, 4) is 23.3 Å². The minimum Gasteiger partial charge on any atom is -0.491 e. The summed E-state index contributed by atoms with van der Waals surface area (Å²) >= 11 is 6.34. The number of ether oxygens (including phenoxy) is 4. The van der Waals surface area contributed by atoms with Crippen LogP contribution in [0, 0.1) is 0 Å². The van der Waals surface area contributed by atoms with Gasteiger partial charge in [0.15, 0.2) is 17.8 Å². The third kappa shape index (κ3) is 5.55. The van der Waals surface area contributed by atoms with E-state index in [1.807, 2.05) is 0 Å². The van der Waals surface area contributed by atoms with E-state index in [1.165, 1.54) is 28.4 Å². The van der Waals surface area contributed by atoms with E-state index in [2.05, 4.69) is 41.8 Å². The van der Waals surface area contributed by atoms with Gasteiger partial charge in [0, 0.05) is 5.56 Å². The molecule has 0 unspecified atom stereocenters. The number of rotatable bonds is 6. The van der Waals surface area contributed by atoms with Gasteiger partial charge in [-0.25, -0.2) is 9.97 Å². The van der Waals surface area contributed by atoms with Crippen molar-refractivity contribution in [2.75, 3.05) is 28.4 Å². The van der Waals surface area contributed by atoms with E-state index in [9.17, 15) is 4.79 Å². The molecule has 2 aromatic heterocycles. The molecule has 2 aromatic rings. The highest BCUT2D eigenvalue weighted by Crippen LogP contribution is 2.29. The molecule has 0 bridgehead atoms. The molecule has 2 heterocycles. The Morgan fingerprint density at radius 3 is 1.85 bits per heavy atom. The number of hydrogen-bond acceptors (Lipinski definition) is 8. The predicted octanol–water partition coefficient (Wildman–Crippen LogP) is 3.03. The van der Waals surface area contributed by atoms with E-state index in [4.69, 9.17) is 24.1 Å². The van der Waals surface area contributed by atoms with E-state index in [0.29, 0.717) is 49.9 Å². The smallest absolute Gasteiger partial charge is 0.257 e. The zero-order chi connectivity index (χ0) is 19.7. The Morgan fingerprint density at radius 2 is 1.42 bits per heavy atom. The number of aldehydes is 1. The Hall–Kier alpha value is -1.91. The van der Waals surface area contributed by atoms with Crippen molar-refractivity contribution in [3.05, 3.63) is 32.5 Å². The van der Waals surface area contributed by atoms with Gasteiger partial charge < -0.3 is 24.1 Å². The van der Waals surface area contributed by atoms with Gasteiger partial charge in [-0.3, -0.25) is 4.79 Å². The second kappa shape index (κ2) is 10.9. The van der Waals surface area contributed by atoms with Crippen molar-refractivity contribution in [2.45, 2.75) is 6.61 Å². The largest absolute Gasteiger partial charge is 0.491 e. The fourth-order valence-electron chi connectivity index (χ4n) is 1.75. The van der Waals surface area contributed by atoms with Gasteiger partial charge in [0.1, 0.15) is 9.21 Å². The standard InChI is InChI=1S/C8H10BrNO3.C8H8BrNO3/c2*1-12-6-3-5(4-11)7(9)10-8(6)13-2/h3,11H,4H2,1-2H3;3-4H,1-2H3. The number of carbonyl (C=O) groups is 1. The topological polar surface area (TPSA) is 100 Å². The Bertz CT molecular complexity index is 758. The predicted molar refractivity (Wildman–Crippen MR) is 101 cm³/mol. The second-order valence-electron chi connectivity index (χ2n) is 4.51. The molecule has 0 aliphatic heterocycles. The minimum atomic E-state index is -0.0893. The molecule has 0 radical (unpaired) electrons. The van der Waals surface area contributed by atoms with Gasteiger partial charge in [-0.05, 0) is 44.0 Å². The van der Waals surface area contributed by atoms with Crippen molar-refractivity contribution in [2.24, 2.45) is 0 Å². The number of methoxy groups -OCH3 is 4. The monoisotopic (exact) mass is 492 g/mol. The van der Waals surface area contributed by atoms with Crippen LogP contribution in [-0.4, -0.2) is 49.8 Å². The summed E-state index contributed by atoms with van der Waals surface area (Å²) in [6, 6.07) is 3.23. The van der Waals surface area contributed by atoms with E-state index < -0.39 is 0 Å². The first-order valence-electron chi connectivity index (χ1n) is 7.07. The van der Waals surface area contributed by atoms with Crippen LogP contribution in [0.25, 0.3) is 0 Å². The lowest BCUT2D eigenvalue weighted by atomic mass is 10.3. The SMILES string of the molecule is COc1cc(C=O)c(Br)nc1OC.COc1cc(CO)c(Br)nc1OC. The number of aromatic nitrogens is 2. The molecule has 142 valence electrons. The molecule has 0 saturated carbocycles. The van der Waals surface area contributed by atoms with Crippen molar-refractivity contribution in [1.82, 2.24) is 9.97 Å². The molecule has 0 atom stereocenters. The van der Waals surface area contributed by atoms with Crippen LogP contribution in [0.5, 0.6) is 23.3 Å². The molecule has 0 aromatic carbocycles. The molecule has 2 rings (SSSR count). The average molecular weight is 494 g/mol. The lowest BCUT2D eigenvalue weighted by Crippen LogP contribution is -1.97. The third-order valence-electron chi connectivity index (χ3n) is 3.04. The van der Waals surface area contributed by atoms with Crippen LogP contribution >= 0.6 is 31.9 Å². The minimum absolute atomic E-state index is 0.0893. The third-order valence-corrected chi connectivity index (χ3v) is 4.36. The highest BCUT2D eigenvalue weighted by Gasteiger charge is 2.11.